The van der Waals surface area contributed by atoms with Crippen molar-refractivity contribution in [2.75, 3.05) is 25.1 Å². The molecule has 0 radical (unpaired) electrons. The number of amides is 1. The molecule has 0 bridgehead atoms. The summed E-state index contributed by atoms with van der Waals surface area (Å²) in [5, 5.41) is 0.502. The molecule has 0 saturated carbocycles. The number of hydrogen-bond acceptors (Lipinski definition) is 6. The van der Waals surface area contributed by atoms with Gasteiger partial charge in [-0.25, -0.2) is 24.1 Å². The minimum Gasteiger partial charge on any atom is -0.382 e. The molecule has 2 N–H and O–H groups in total. The molecule has 148 valence electrons. The van der Waals surface area contributed by atoms with E-state index in [1.54, 1.807) is 7.05 Å². The van der Waals surface area contributed by atoms with Gasteiger partial charge in [-0.1, -0.05) is 49.0 Å². The summed E-state index contributed by atoms with van der Waals surface area (Å²) in [5.74, 6) is 0.969. The molecule has 3 aromatic rings. The van der Waals surface area contributed by atoms with Crippen molar-refractivity contribution >= 4 is 34.8 Å². The molecule has 3 rings (SSSR count). The molecule has 0 aliphatic carbocycles. The fraction of sp³-hybridized carbons (Fsp3) is 0.368. The number of anilines is 1. The van der Waals surface area contributed by atoms with E-state index in [9.17, 15) is 9.59 Å². The molecular formula is C19H24N6O2S. The van der Waals surface area contributed by atoms with E-state index in [1.807, 2.05) is 37.3 Å². The van der Waals surface area contributed by atoms with Gasteiger partial charge in [0.05, 0.1) is 6.54 Å². The van der Waals surface area contributed by atoms with Gasteiger partial charge in [0.25, 0.3) is 0 Å². The van der Waals surface area contributed by atoms with Crippen LogP contribution in [0.4, 0.5) is 10.6 Å². The Morgan fingerprint density at radius 3 is 2.57 bits per heavy atom. The summed E-state index contributed by atoms with van der Waals surface area (Å²) in [6.07, 6.45) is 0.962. The van der Waals surface area contributed by atoms with Crippen molar-refractivity contribution in [1.29, 1.82) is 0 Å². The van der Waals surface area contributed by atoms with E-state index in [0.29, 0.717) is 23.9 Å². The summed E-state index contributed by atoms with van der Waals surface area (Å²) in [5.41, 5.74) is 7.27. The zero-order valence-corrected chi connectivity index (χ0v) is 17.1. The minimum absolute atomic E-state index is 0.130. The SMILES string of the molecule is CCCSc1nc(N)c2c(n1)n(Cc1ccccc1)c(=O)n2C(=O)N(C)CC. The highest BCUT2D eigenvalue weighted by Crippen LogP contribution is 2.23. The van der Waals surface area contributed by atoms with Gasteiger partial charge in [0, 0.05) is 19.3 Å². The fourth-order valence-corrected chi connectivity index (χ4v) is 3.50. The van der Waals surface area contributed by atoms with Crippen molar-refractivity contribution in [3.63, 3.8) is 0 Å². The maximum atomic E-state index is 13.2. The molecule has 0 aliphatic heterocycles. The summed E-state index contributed by atoms with van der Waals surface area (Å²) in [4.78, 5) is 36.4. The Bertz CT molecular complexity index is 1040. The van der Waals surface area contributed by atoms with Gasteiger partial charge in [0.2, 0.25) is 0 Å². The molecule has 0 saturated heterocycles. The Hall–Kier alpha value is -2.81. The van der Waals surface area contributed by atoms with Crippen LogP contribution in [0.5, 0.6) is 0 Å². The van der Waals surface area contributed by atoms with E-state index in [1.165, 1.54) is 21.2 Å². The summed E-state index contributed by atoms with van der Waals surface area (Å²) in [7, 11) is 1.64. The number of benzene rings is 1. The number of nitrogens with zero attached hydrogens (tertiary/aromatic N) is 5. The Labute approximate surface area is 167 Å². The van der Waals surface area contributed by atoms with E-state index in [0.717, 1.165) is 22.3 Å². The van der Waals surface area contributed by atoms with Gasteiger partial charge in [-0.05, 0) is 18.9 Å². The number of imidazole rings is 1. The second-order valence-electron chi connectivity index (χ2n) is 6.40. The monoisotopic (exact) mass is 400 g/mol. The van der Waals surface area contributed by atoms with Crippen LogP contribution in [0.25, 0.3) is 11.2 Å². The number of nitrogens with two attached hydrogens (primary N) is 1. The van der Waals surface area contributed by atoms with E-state index in [4.69, 9.17) is 5.73 Å². The van der Waals surface area contributed by atoms with Crippen LogP contribution in [0, 0.1) is 0 Å². The highest BCUT2D eigenvalue weighted by molar-refractivity contribution is 7.99. The van der Waals surface area contributed by atoms with Crippen LogP contribution in [0.1, 0.15) is 25.8 Å². The van der Waals surface area contributed by atoms with Gasteiger partial charge in [0.15, 0.2) is 16.6 Å². The lowest BCUT2D eigenvalue weighted by atomic mass is 10.2. The second-order valence-corrected chi connectivity index (χ2v) is 7.46. The number of carbonyl (C=O) groups excluding carboxylic acids is 1. The van der Waals surface area contributed by atoms with Crippen LogP contribution < -0.4 is 11.4 Å². The highest BCUT2D eigenvalue weighted by atomic mass is 32.2. The van der Waals surface area contributed by atoms with Crippen molar-refractivity contribution < 1.29 is 4.79 Å². The van der Waals surface area contributed by atoms with Gasteiger partial charge in [-0.3, -0.25) is 4.57 Å². The summed E-state index contributed by atoms with van der Waals surface area (Å²) < 4.78 is 2.56. The number of aromatic nitrogens is 4. The van der Waals surface area contributed by atoms with E-state index >= 15 is 0 Å². The van der Waals surface area contributed by atoms with Gasteiger partial charge < -0.3 is 10.6 Å². The number of carbonyl (C=O) groups is 1. The number of thioether (sulfide) groups is 1. The summed E-state index contributed by atoms with van der Waals surface area (Å²) in [6.45, 7) is 4.66. The first-order valence-electron chi connectivity index (χ1n) is 9.18. The average Bonchev–Trinajstić information content (AvgIpc) is 2.98. The van der Waals surface area contributed by atoms with Crippen molar-refractivity contribution in [3.8, 4) is 0 Å². The molecule has 0 fully saturated rings. The molecule has 0 aliphatic rings. The van der Waals surface area contributed by atoms with Crippen molar-refractivity contribution in [2.45, 2.75) is 32.0 Å². The van der Waals surface area contributed by atoms with Crippen molar-refractivity contribution in [2.24, 2.45) is 0 Å². The predicted molar refractivity (Wildman–Crippen MR) is 112 cm³/mol. The molecule has 1 aromatic carbocycles. The molecule has 9 heteroatoms. The third-order valence-corrected chi connectivity index (χ3v) is 5.44. The Balaban J connectivity index is 2.24. The molecular weight excluding hydrogens is 376 g/mol. The quantitative estimate of drug-likeness (QED) is 0.504. The minimum atomic E-state index is -0.470. The maximum absolute atomic E-state index is 13.2. The summed E-state index contributed by atoms with van der Waals surface area (Å²) >= 11 is 1.48. The molecule has 0 spiro atoms. The average molecular weight is 401 g/mol. The molecule has 1 amide bonds. The predicted octanol–water partition coefficient (Wildman–Crippen LogP) is 2.65. The Morgan fingerprint density at radius 2 is 1.93 bits per heavy atom. The van der Waals surface area contributed by atoms with E-state index in [2.05, 4.69) is 16.9 Å². The number of rotatable bonds is 6. The third-order valence-electron chi connectivity index (χ3n) is 4.38. The Kier molecular flexibility index (Phi) is 6.03. The van der Waals surface area contributed by atoms with Gasteiger partial charge in [0.1, 0.15) is 5.52 Å². The van der Waals surface area contributed by atoms with Gasteiger partial charge in [-0.15, -0.1) is 0 Å². The fourth-order valence-electron chi connectivity index (χ4n) is 2.80. The largest absolute Gasteiger partial charge is 0.382 e. The Morgan fingerprint density at radius 1 is 1.21 bits per heavy atom. The van der Waals surface area contributed by atoms with Crippen molar-refractivity contribution in [3.05, 3.63) is 46.4 Å². The molecule has 28 heavy (non-hydrogen) atoms. The van der Waals surface area contributed by atoms with Crippen molar-refractivity contribution in [1.82, 2.24) is 24.0 Å². The molecule has 8 nitrogen and oxygen atoms in total. The number of hydrogen-bond donors (Lipinski definition) is 1. The van der Waals surface area contributed by atoms with Crippen LogP contribution in [0.3, 0.4) is 0 Å². The molecule has 0 unspecified atom stereocenters. The highest BCUT2D eigenvalue weighted by Gasteiger charge is 2.25. The van der Waals surface area contributed by atoms with Crippen LogP contribution >= 0.6 is 11.8 Å². The number of fused-ring (bicyclic) bond motifs is 1. The third kappa shape index (κ3) is 3.75. The maximum Gasteiger partial charge on any atom is 0.339 e. The van der Waals surface area contributed by atoms with E-state index < -0.39 is 11.7 Å². The lowest BCUT2D eigenvalue weighted by molar-refractivity contribution is 0.212. The standard InChI is InChI=1S/C19H24N6O2S/c1-4-11-28-17-21-15(20)14-16(22-17)24(12-13-9-7-6-8-10-13)19(27)25(14)18(26)23(3)5-2/h6-10H,4-5,11-12H2,1-3H3,(H2,20,21,22). The first-order valence-corrected chi connectivity index (χ1v) is 10.2. The van der Waals surface area contributed by atoms with Crippen LogP contribution in [0.2, 0.25) is 0 Å². The molecule has 2 aromatic heterocycles. The van der Waals surface area contributed by atoms with Gasteiger partial charge >= 0.3 is 11.7 Å². The smallest absolute Gasteiger partial charge is 0.339 e. The topological polar surface area (TPSA) is 99.0 Å². The van der Waals surface area contributed by atoms with Gasteiger partial charge in [-0.2, -0.15) is 0 Å². The normalized spacial score (nSPS) is 11.1. The first-order chi connectivity index (χ1) is 13.5. The number of nitrogen functional groups attached to an aromatic ring is 1. The summed E-state index contributed by atoms with van der Waals surface area (Å²) in [6, 6.07) is 9.12. The van der Waals surface area contributed by atoms with E-state index in [-0.39, 0.29) is 11.3 Å². The van der Waals surface area contributed by atoms with Crippen LogP contribution in [-0.2, 0) is 6.54 Å². The van der Waals surface area contributed by atoms with Crippen LogP contribution in [0.15, 0.2) is 40.3 Å². The molecule has 2 heterocycles. The zero-order valence-electron chi connectivity index (χ0n) is 16.3. The van der Waals surface area contributed by atoms with Crippen LogP contribution in [-0.4, -0.2) is 49.4 Å². The first kappa shape index (κ1) is 19.9. The zero-order chi connectivity index (χ0) is 20.3. The lowest BCUT2D eigenvalue weighted by Gasteiger charge is -2.14. The molecule has 0 atom stereocenters. The second kappa shape index (κ2) is 8.47. The lowest BCUT2D eigenvalue weighted by Crippen LogP contribution is -2.38.